The van der Waals surface area contributed by atoms with E-state index in [9.17, 15) is 4.79 Å². The van der Waals surface area contributed by atoms with E-state index in [4.69, 9.17) is 5.73 Å². The summed E-state index contributed by atoms with van der Waals surface area (Å²) in [5.41, 5.74) is 7.14. The molecule has 3 rings (SSSR count). The van der Waals surface area contributed by atoms with E-state index in [1.807, 2.05) is 23.1 Å². The minimum absolute atomic E-state index is 0. The van der Waals surface area contributed by atoms with Gasteiger partial charge in [-0.15, -0.1) is 24.8 Å². The van der Waals surface area contributed by atoms with Gasteiger partial charge in [-0.1, -0.05) is 25.3 Å². The summed E-state index contributed by atoms with van der Waals surface area (Å²) in [6.45, 7) is 4.90. The summed E-state index contributed by atoms with van der Waals surface area (Å²) in [4.78, 5) is 17.0. The lowest BCUT2D eigenvalue weighted by molar-refractivity contribution is 0.0606. The van der Waals surface area contributed by atoms with E-state index in [0.29, 0.717) is 11.3 Å². The summed E-state index contributed by atoms with van der Waals surface area (Å²) in [7, 11) is 0. The Hall–Kier alpha value is -0.970. The van der Waals surface area contributed by atoms with Crippen LogP contribution in [0.15, 0.2) is 24.3 Å². The molecule has 1 aromatic carbocycles. The molecule has 0 atom stereocenters. The normalized spacial score (nSPS) is 19.2. The SMILES string of the molecule is Cl.Cl.Nc1cccc(C(=O)N2CCN(CC3CCCCC3)CC2)c1. The molecule has 2 aliphatic rings. The van der Waals surface area contributed by atoms with Gasteiger partial charge >= 0.3 is 0 Å². The molecule has 1 aliphatic heterocycles. The van der Waals surface area contributed by atoms with Crippen molar-refractivity contribution >= 4 is 36.4 Å². The quantitative estimate of drug-likeness (QED) is 0.825. The lowest BCUT2D eigenvalue weighted by atomic mass is 9.89. The fourth-order valence-corrected chi connectivity index (χ4v) is 3.72. The van der Waals surface area contributed by atoms with Crippen LogP contribution in [-0.4, -0.2) is 48.4 Å². The molecule has 0 spiro atoms. The number of nitrogens with two attached hydrogens (primary N) is 1. The lowest BCUT2D eigenvalue weighted by Gasteiger charge is -2.37. The molecular formula is C18H29Cl2N3O. The van der Waals surface area contributed by atoms with Gasteiger partial charge in [0.15, 0.2) is 0 Å². The summed E-state index contributed by atoms with van der Waals surface area (Å²) < 4.78 is 0. The largest absolute Gasteiger partial charge is 0.399 e. The molecule has 0 aromatic heterocycles. The van der Waals surface area contributed by atoms with Crippen LogP contribution in [-0.2, 0) is 0 Å². The Morgan fingerprint density at radius 3 is 2.33 bits per heavy atom. The van der Waals surface area contributed by atoms with Crippen molar-refractivity contribution in [1.29, 1.82) is 0 Å². The van der Waals surface area contributed by atoms with Gasteiger partial charge in [0.25, 0.3) is 5.91 Å². The zero-order valence-corrected chi connectivity index (χ0v) is 15.8. The summed E-state index contributed by atoms with van der Waals surface area (Å²) >= 11 is 0. The van der Waals surface area contributed by atoms with E-state index in [0.717, 1.165) is 32.1 Å². The summed E-state index contributed by atoms with van der Waals surface area (Å²) in [6.07, 6.45) is 7.00. The van der Waals surface area contributed by atoms with E-state index < -0.39 is 0 Å². The van der Waals surface area contributed by atoms with E-state index in [-0.39, 0.29) is 30.7 Å². The van der Waals surface area contributed by atoms with Gasteiger partial charge in [0.05, 0.1) is 0 Å². The van der Waals surface area contributed by atoms with Crippen LogP contribution in [0.3, 0.4) is 0 Å². The zero-order chi connectivity index (χ0) is 15.4. The molecule has 2 N–H and O–H groups in total. The summed E-state index contributed by atoms with van der Waals surface area (Å²) in [5, 5.41) is 0. The number of hydrogen-bond donors (Lipinski definition) is 1. The fraction of sp³-hybridized carbons (Fsp3) is 0.611. The van der Waals surface area contributed by atoms with Crippen LogP contribution < -0.4 is 5.73 Å². The second-order valence-corrected chi connectivity index (χ2v) is 6.72. The van der Waals surface area contributed by atoms with Gasteiger partial charge in [-0.05, 0) is 37.0 Å². The standard InChI is InChI=1S/C18H27N3O.2ClH/c19-17-8-4-7-16(13-17)18(22)21-11-9-20(10-12-21)14-15-5-2-1-3-6-15;;/h4,7-8,13,15H,1-3,5-6,9-12,14,19H2;2*1H. The molecule has 1 saturated heterocycles. The first kappa shape index (κ1) is 21.1. The molecule has 1 aromatic rings. The Bertz CT molecular complexity index is 513. The molecule has 4 nitrogen and oxygen atoms in total. The number of amides is 1. The van der Waals surface area contributed by atoms with Gasteiger partial charge < -0.3 is 10.6 Å². The highest BCUT2D eigenvalue weighted by atomic mass is 35.5. The van der Waals surface area contributed by atoms with Crippen LogP contribution in [0.5, 0.6) is 0 Å². The van der Waals surface area contributed by atoms with Crippen molar-refractivity contribution in [3.63, 3.8) is 0 Å². The Kier molecular flexibility index (Phi) is 8.88. The van der Waals surface area contributed by atoms with Crippen LogP contribution in [0.1, 0.15) is 42.5 Å². The molecule has 6 heteroatoms. The number of nitrogen functional groups attached to an aromatic ring is 1. The molecule has 0 bridgehead atoms. The monoisotopic (exact) mass is 373 g/mol. The van der Waals surface area contributed by atoms with Crippen molar-refractivity contribution in [3.05, 3.63) is 29.8 Å². The maximum atomic E-state index is 12.5. The number of carbonyl (C=O) groups excluding carboxylic acids is 1. The highest BCUT2D eigenvalue weighted by Crippen LogP contribution is 2.24. The van der Waals surface area contributed by atoms with E-state index in [1.165, 1.54) is 38.6 Å². The van der Waals surface area contributed by atoms with Gasteiger partial charge in [0.2, 0.25) is 0 Å². The number of hydrogen-bond acceptors (Lipinski definition) is 3. The minimum Gasteiger partial charge on any atom is -0.399 e. The number of benzene rings is 1. The van der Waals surface area contributed by atoms with Gasteiger partial charge in [0, 0.05) is 44.0 Å². The third kappa shape index (κ3) is 5.54. The van der Waals surface area contributed by atoms with Gasteiger partial charge in [-0.25, -0.2) is 0 Å². The number of anilines is 1. The molecule has 0 unspecified atom stereocenters. The molecule has 1 saturated carbocycles. The number of rotatable bonds is 3. The van der Waals surface area contributed by atoms with E-state index >= 15 is 0 Å². The maximum absolute atomic E-state index is 12.5. The molecule has 24 heavy (non-hydrogen) atoms. The van der Waals surface area contributed by atoms with Crippen molar-refractivity contribution in [2.45, 2.75) is 32.1 Å². The van der Waals surface area contributed by atoms with Crippen LogP contribution >= 0.6 is 24.8 Å². The van der Waals surface area contributed by atoms with E-state index in [1.54, 1.807) is 6.07 Å². The first-order valence-electron chi connectivity index (χ1n) is 8.59. The van der Waals surface area contributed by atoms with E-state index in [2.05, 4.69) is 4.90 Å². The third-order valence-corrected chi connectivity index (χ3v) is 5.03. The topological polar surface area (TPSA) is 49.6 Å². The Balaban J connectivity index is 0.00000144. The first-order chi connectivity index (χ1) is 10.7. The van der Waals surface area contributed by atoms with Gasteiger partial charge in [0.1, 0.15) is 0 Å². The van der Waals surface area contributed by atoms with Crippen LogP contribution in [0.2, 0.25) is 0 Å². The predicted molar refractivity (Wildman–Crippen MR) is 104 cm³/mol. The Morgan fingerprint density at radius 2 is 1.71 bits per heavy atom. The van der Waals surface area contributed by atoms with Crippen LogP contribution in [0.25, 0.3) is 0 Å². The van der Waals surface area contributed by atoms with Gasteiger partial charge in [-0.2, -0.15) is 0 Å². The zero-order valence-electron chi connectivity index (χ0n) is 14.2. The molecule has 2 fully saturated rings. The molecule has 0 radical (unpaired) electrons. The van der Waals surface area contributed by atoms with Crippen molar-refractivity contribution in [3.8, 4) is 0 Å². The maximum Gasteiger partial charge on any atom is 0.254 e. The highest BCUT2D eigenvalue weighted by Gasteiger charge is 2.24. The Labute approximate surface area is 157 Å². The van der Waals surface area contributed by atoms with Crippen molar-refractivity contribution < 1.29 is 4.79 Å². The number of piperazine rings is 1. The molecule has 1 amide bonds. The second-order valence-electron chi connectivity index (χ2n) is 6.72. The Morgan fingerprint density at radius 1 is 1.04 bits per heavy atom. The fourth-order valence-electron chi connectivity index (χ4n) is 3.72. The minimum atomic E-state index is 0. The summed E-state index contributed by atoms with van der Waals surface area (Å²) in [6, 6.07) is 7.30. The molecular weight excluding hydrogens is 345 g/mol. The predicted octanol–water partition coefficient (Wildman–Crippen LogP) is 3.45. The van der Waals surface area contributed by atoms with Crippen molar-refractivity contribution in [2.24, 2.45) is 5.92 Å². The molecule has 1 heterocycles. The van der Waals surface area contributed by atoms with Crippen LogP contribution in [0.4, 0.5) is 5.69 Å². The highest BCUT2D eigenvalue weighted by molar-refractivity contribution is 5.95. The third-order valence-electron chi connectivity index (χ3n) is 5.03. The average Bonchev–Trinajstić information content (AvgIpc) is 2.56. The number of nitrogens with zero attached hydrogens (tertiary/aromatic N) is 2. The average molecular weight is 374 g/mol. The number of carbonyl (C=O) groups is 1. The second kappa shape index (κ2) is 10.1. The smallest absolute Gasteiger partial charge is 0.254 e. The van der Waals surface area contributed by atoms with Crippen molar-refractivity contribution in [2.75, 3.05) is 38.5 Å². The molecule has 136 valence electrons. The molecule has 1 aliphatic carbocycles. The van der Waals surface area contributed by atoms with Crippen LogP contribution in [0, 0.1) is 5.92 Å². The van der Waals surface area contributed by atoms with Gasteiger partial charge in [-0.3, -0.25) is 9.69 Å². The lowest BCUT2D eigenvalue weighted by Crippen LogP contribution is -2.49. The van der Waals surface area contributed by atoms with Crippen molar-refractivity contribution in [1.82, 2.24) is 9.80 Å². The summed E-state index contributed by atoms with van der Waals surface area (Å²) in [5.74, 6) is 0.995. The number of halogens is 2. The first-order valence-corrected chi connectivity index (χ1v) is 8.59.